The highest BCUT2D eigenvalue weighted by molar-refractivity contribution is 5.47. The van der Waals surface area contributed by atoms with E-state index in [4.69, 9.17) is 0 Å². The van der Waals surface area contributed by atoms with Crippen LogP contribution in [0.25, 0.3) is 0 Å². The SMILES string of the molecule is CCCCN(CC)c1ccc(CNC2CC2)cc1. The van der Waals surface area contributed by atoms with Crippen LogP contribution in [-0.4, -0.2) is 19.1 Å². The molecule has 1 fully saturated rings. The molecule has 0 aliphatic heterocycles. The van der Waals surface area contributed by atoms with Gasteiger partial charge in [-0.1, -0.05) is 25.5 Å². The van der Waals surface area contributed by atoms with Crippen LogP contribution in [0.1, 0.15) is 45.1 Å². The third-order valence-corrected chi connectivity index (χ3v) is 3.64. The molecule has 0 unspecified atom stereocenters. The van der Waals surface area contributed by atoms with Crippen molar-refractivity contribution in [3.8, 4) is 0 Å². The van der Waals surface area contributed by atoms with Gasteiger partial charge in [0.1, 0.15) is 0 Å². The highest BCUT2D eigenvalue weighted by atomic mass is 15.1. The van der Waals surface area contributed by atoms with E-state index in [-0.39, 0.29) is 0 Å². The Hall–Kier alpha value is -1.02. The molecule has 2 heteroatoms. The molecule has 0 radical (unpaired) electrons. The van der Waals surface area contributed by atoms with Crippen LogP contribution in [-0.2, 0) is 6.54 Å². The molecule has 2 rings (SSSR count). The average molecular weight is 246 g/mol. The monoisotopic (exact) mass is 246 g/mol. The summed E-state index contributed by atoms with van der Waals surface area (Å²) in [6, 6.07) is 9.85. The smallest absolute Gasteiger partial charge is 0.0366 e. The minimum Gasteiger partial charge on any atom is -0.372 e. The lowest BCUT2D eigenvalue weighted by Crippen LogP contribution is -2.23. The highest BCUT2D eigenvalue weighted by Crippen LogP contribution is 2.20. The number of rotatable bonds is 8. The van der Waals surface area contributed by atoms with Gasteiger partial charge in [0.05, 0.1) is 0 Å². The highest BCUT2D eigenvalue weighted by Gasteiger charge is 2.19. The minimum absolute atomic E-state index is 0.793. The average Bonchev–Trinajstić information content (AvgIpc) is 3.23. The predicted molar refractivity (Wildman–Crippen MR) is 79.1 cm³/mol. The third kappa shape index (κ3) is 4.02. The normalized spacial score (nSPS) is 14.8. The molecule has 1 aromatic carbocycles. The second-order valence-corrected chi connectivity index (χ2v) is 5.25. The molecular weight excluding hydrogens is 220 g/mol. The fraction of sp³-hybridized carbons (Fsp3) is 0.625. The van der Waals surface area contributed by atoms with Crippen molar-refractivity contribution in [2.75, 3.05) is 18.0 Å². The second-order valence-electron chi connectivity index (χ2n) is 5.25. The number of hydrogen-bond acceptors (Lipinski definition) is 2. The number of hydrogen-bond donors (Lipinski definition) is 1. The van der Waals surface area contributed by atoms with Crippen molar-refractivity contribution >= 4 is 5.69 Å². The Kier molecular flexibility index (Phi) is 5.06. The molecule has 1 aliphatic carbocycles. The number of unbranched alkanes of at least 4 members (excludes halogenated alkanes) is 1. The number of anilines is 1. The molecule has 0 atom stereocenters. The maximum absolute atomic E-state index is 3.56. The van der Waals surface area contributed by atoms with Crippen LogP contribution in [0.15, 0.2) is 24.3 Å². The van der Waals surface area contributed by atoms with Crippen molar-refractivity contribution in [1.29, 1.82) is 0 Å². The summed E-state index contributed by atoms with van der Waals surface area (Å²) in [5, 5.41) is 3.56. The quantitative estimate of drug-likeness (QED) is 0.754. The summed E-state index contributed by atoms with van der Waals surface area (Å²) in [5.41, 5.74) is 2.76. The zero-order chi connectivity index (χ0) is 12.8. The minimum atomic E-state index is 0.793. The van der Waals surface area contributed by atoms with E-state index < -0.39 is 0 Å². The number of nitrogens with one attached hydrogen (secondary N) is 1. The van der Waals surface area contributed by atoms with Gasteiger partial charge in [0.15, 0.2) is 0 Å². The zero-order valence-electron chi connectivity index (χ0n) is 11.8. The van der Waals surface area contributed by atoms with Gasteiger partial charge >= 0.3 is 0 Å². The van der Waals surface area contributed by atoms with E-state index in [1.165, 1.54) is 43.5 Å². The van der Waals surface area contributed by atoms with Crippen molar-refractivity contribution in [1.82, 2.24) is 5.32 Å². The number of nitrogens with zero attached hydrogens (tertiary/aromatic N) is 1. The molecule has 1 aromatic rings. The Morgan fingerprint density at radius 1 is 1.17 bits per heavy atom. The Bertz CT molecular complexity index is 341. The Labute approximate surface area is 111 Å². The van der Waals surface area contributed by atoms with E-state index in [0.29, 0.717) is 0 Å². The summed E-state index contributed by atoms with van der Waals surface area (Å²) >= 11 is 0. The summed E-state index contributed by atoms with van der Waals surface area (Å²) in [6.07, 6.45) is 5.26. The first-order chi connectivity index (χ1) is 8.83. The lowest BCUT2D eigenvalue weighted by molar-refractivity contribution is 0.687. The van der Waals surface area contributed by atoms with E-state index in [1.54, 1.807) is 0 Å². The molecule has 0 bridgehead atoms. The van der Waals surface area contributed by atoms with Gasteiger partial charge in [-0.2, -0.15) is 0 Å². The first kappa shape index (κ1) is 13.4. The fourth-order valence-electron chi connectivity index (χ4n) is 2.19. The zero-order valence-corrected chi connectivity index (χ0v) is 11.8. The van der Waals surface area contributed by atoms with Crippen LogP contribution < -0.4 is 10.2 Å². The lowest BCUT2D eigenvalue weighted by atomic mass is 10.2. The van der Waals surface area contributed by atoms with Gasteiger partial charge in [-0.15, -0.1) is 0 Å². The van der Waals surface area contributed by atoms with Gasteiger partial charge in [-0.25, -0.2) is 0 Å². The van der Waals surface area contributed by atoms with Crippen molar-refractivity contribution < 1.29 is 0 Å². The molecule has 0 spiro atoms. The van der Waals surface area contributed by atoms with Crippen molar-refractivity contribution in [3.63, 3.8) is 0 Å². The molecule has 100 valence electrons. The van der Waals surface area contributed by atoms with Gasteiger partial charge in [0, 0.05) is 31.4 Å². The summed E-state index contributed by atoms with van der Waals surface area (Å²) in [5.74, 6) is 0. The molecule has 0 heterocycles. The molecule has 1 saturated carbocycles. The molecule has 18 heavy (non-hydrogen) atoms. The topological polar surface area (TPSA) is 15.3 Å². The first-order valence-corrected chi connectivity index (χ1v) is 7.40. The molecule has 0 amide bonds. The van der Waals surface area contributed by atoms with Gasteiger partial charge in [-0.3, -0.25) is 0 Å². The first-order valence-electron chi connectivity index (χ1n) is 7.40. The standard InChI is InChI=1S/C16H26N2/c1-3-5-12-18(4-2)16-10-6-14(7-11-16)13-17-15-8-9-15/h6-7,10-11,15,17H,3-5,8-9,12-13H2,1-2H3. The van der Waals surface area contributed by atoms with E-state index in [2.05, 4.69) is 48.3 Å². The van der Waals surface area contributed by atoms with E-state index in [9.17, 15) is 0 Å². The fourth-order valence-corrected chi connectivity index (χ4v) is 2.19. The lowest BCUT2D eigenvalue weighted by Gasteiger charge is -2.23. The van der Waals surface area contributed by atoms with Gasteiger partial charge in [0.2, 0.25) is 0 Å². The van der Waals surface area contributed by atoms with E-state index in [0.717, 1.165) is 19.1 Å². The largest absolute Gasteiger partial charge is 0.372 e. The maximum atomic E-state index is 3.56. The Morgan fingerprint density at radius 2 is 1.89 bits per heavy atom. The molecule has 0 aromatic heterocycles. The molecule has 1 aliphatic rings. The van der Waals surface area contributed by atoms with E-state index >= 15 is 0 Å². The van der Waals surface area contributed by atoms with Crippen LogP contribution in [0.2, 0.25) is 0 Å². The molecule has 1 N–H and O–H groups in total. The Balaban J connectivity index is 1.87. The summed E-state index contributed by atoms with van der Waals surface area (Å²) in [6.45, 7) is 7.77. The third-order valence-electron chi connectivity index (χ3n) is 3.64. The van der Waals surface area contributed by atoms with Crippen molar-refractivity contribution in [2.24, 2.45) is 0 Å². The summed E-state index contributed by atoms with van der Waals surface area (Å²) in [4.78, 5) is 2.46. The van der Waals surface area contributed by atoms with Gasteiger partial charge in [0.25, 0.3) is 0 Å². The number of benzene rings is 1. The van der Waals surface area contributed by atoms with Crippen molar-refractivity contribution in [3.05, 3.63) is 29.8 Å². The molecule has 0 saturated heterocycles. The van der Waals surface area contributed by atoms with Crippen LogP contribution in [0.4, 0.5) is 5.69 Å². The van der Waals surface area contributed by atoms with Crippen LogP contribution in [0.5, 0.6) is 0 Å². The van der Waals surface area contributed by atoms with E-state index in [1.807, 2.05) is 0 Å². The van der Waals surface area contributed by atoms with Crippen LogP contribution in [0.3, 0.4) is 0 Å². The molecule has 2 nitrogen and oxygen atoms in total. The maximum Gasteiger partial charge on any atom is 0.0366 e. The summed E-state index contributed by atoms with van der Waals surface area (Å²) < 4.78 is 0. The predicted octanol–water partition coefficient (Wildman–Crippen LogP) is 3.57. The Morgan fingerprint density at radius 3 is 2.44 bits per heavy atom. The van der Waals surface area contributed by atoms with Crippen molar-refractivity contribution in [2.45, 2.75) is 52.1 Å². The van der Waals surface area contributed by atoms with Crippen LogP contribution >= 0.6 is 0 Å². The summed E-state index contributed by atoms with van der Waals surface area (Å²) in [7, 11) is 0. The second kappa shape index (κ2) is 6.79. The van der Waals surface area contributed by atoms with Gasteiger partial charge in [-0.05, 0) is 43.9 Å². The molecular formula is C16H26N2. The van der Waals surface area contributed by atoms with Crippen LogP contribution in [0, 0.1) is 0 Å². The van der Waals surface area contributed by atoms with Gasteiger partial charge < -0.3 is 10.2 Å².